The summed E-state index contributed by atoms with van der Waals surface area (Å²) in [6.07, 6.45) is 1.38. The Kier molecular flexibility index (Phi) is 9.23. The molecule has 2 aromatic rings. The Bertz CT molecular complexity index is 1010. The zero-order valence-electron chi connectivity index (χ0n) is 21.5. The minimum Gasteiger partial charge on any atom is -0.374 e. The quantitative estimate of drug-likeness (QED) is 0.468. The van der Waals surface area contributed by atoms with E-state index in [4.69, 9.17) is 10.5 Å². The number of piperidine rings is 1. The van der Waals surface area contributed by atoms with Crippen LogP contribution in [0.4, 0.5) is 0 Å². The highest BCUT2D eigenvalue weighted by atomic mass is 16.5. The number of hydrogen-bond donors (Lipinski definition) is 3. The third-order valence-electron chi connectivity index (χ3n) is 6.68. The van der Waals surface area contributed by atoms with Gasteiger partial charge in [0.05, 0.1) is 18.8 Å². The van der Waals surface area contributed by atoms with Crippen LogP contribution in [0.25, 0.3) is 0 Å². The van der Waals surface area contributed by atoms with Gasteiger partial charge in [-0.1, -0.05) is 60.7 Å². The van der Waals surface area contributed by atoms with Crippen molar-refractivity contribution in [3.63, 3.8) is 0 Å². The van der Waals surface area contributed by atoms with E-state index in [1.165, 1.54) is 6.92 Å². The number of rotatable bonds is 10. The number of hydrogen-bond acceptors (Lipinski definition) is 5. The van der Waals surface area contributed by atoms with E-state index in [0.717, 1.165) is 11.1 Å². The zero-order valence-corrected chi connectivity index (χ0v) is 21.5. The largest absolute Gasteiger partial charge is 0.374 e. The van der Waals surface area contributed by atoms with Gasteiger partial charge in [0.15, 0.2) is 0 Å². The minimum absolute atomic E-state index is 0.0434. The summed E-state index contributed by atoms with van der Waals surface area (Å²) in [6, 6.07) is 18.9. The van der Waals surface area contributed by atoms with Crippen LogP contribution in [-0.4, -0.2) is 60.4 Å². The Morgan fingerprint density at radius 3 is 2.17 bits per heavy atom. The predicted molar refractivity (Wildman–Crippen MR) is 139 cm³/mol. The molecule has 1 fully saturated rings. The molecular weight excluding hydrogens is 456 g/mol. The number of amides is 3. The first-order valence-electron chi connectivity index (χ1n) is 12.4. The highest BCUT2D eigenvalue weighted by Crippen LogP contribution is 2.35. The molecule has 0 bridgehead atoms. The van der Waals surface area contributed by atoms with Gasteiger partial charge in [-0.15, -0.1) is 0 Å². The smallest absolute Gasteiger partial charge is 0.247 e. The lowest BCUT2D eigenvalue weighted by molar-refractivity contribution is -0.140. The lowest BCUT2D eigenvalue weighted by atomic mass is 9.72. The van der Waals surface area contributed by atoms with Gasteiger partial charge in [0.2, 0.25) is 17.7 Å². The van der Waals surface area contributed by atoms with Crippen LogP contribution in [0.15, 0.2) is 60.7 Å². The van der Waals surface area contributed by atoms with Crippen molar-refractivity contribution in [1.29, 1.82) is 0 Å². The van der Waals surface area contributed by atoms with Gasteiger partial charge < -0.3 is 26.0 Å². The Labute approximate surface area is 213 Å². The second-order valence-electron chi connectivity index (χ2n) is 10.1. The molecule has 3 rings (SSSR count). The number of carbonyl (C=O) groups is 3. The molecule has 0 spiro atoms. The molecule has 0 aromatic heterocycles. The molecule has 0 unspecified atom stereocenters. The first-order valence-corrected chi connectivity index (χ1v) is 12.4. The van der Waals surface area contributed by atoms with Crippen molar-refractivity contribution in [2.24, 2.45) is 5.73 Å². The summed E-state index contributed by atoms with van der Waals surface area (Å²) >= 11 is 0. The van der Waals surface area contributed by atoms with Gasteiger partial charge in [-0.05, 0) is 37.8 Å². The molecular formula is C28H38N4O4. The number of likely N-dealkylation sites (tertiary alicyclic amines) is 1. The number of benzene rings is 2. The van der Waals surface area contributed by atoms with E-state index in [-0.39, 0.29) is 23.8 Å². The lowest BCUT2D eigenvalue weighted by Gasteiger charge is -2.43. The number of nitrogens with two attached hydrogens (primary N) is 1. The molecule has 1 atom stereocenters. The molecule has 1 aliphatic rings. The van der Waals surface area contributed by atoms with E-state index >= 15 is 0 Å². The fourth-order valence-electron chi connectivity index (χ4n) is 4.42. The molecule has 1 heterocycles. The van der Waals surface area contributed by atoms with E-state index < -0.39 is 17.5 Å². The average molecular weight is 495 g/mol. The monoisotopic (exact) mass is 494 g/mol. The van der Waals surface area contributed by atoms with Crippen molar-refractivity contribution in [3.05, 3.63) is 71.8 Å². The number of carbonyl (C=O) groups excluding carboxylic acids is 3. The Hall–Kier alpha value is -3.23. The van der Waals surface area contributed by atoms with Crippen molar-refractivity contribution in [2.45, 2.75) is 57.2 Å². The van der Waals surface area contributed by atoms with E-state index in [0.29, 0.717) is 39.1 Å². The molecule has 0 saturated carbocycles. The summed E-state index contributed by atoms with van der Waals surface area (Å²) in [5.74, 6) is -0.682. The third-order valence-corrected chi connectivity index (χ3v) is 6.68. The van der Waals surface area contributed by atoms with Crippen molar-refractivity contribution in [3.8, 4) is 0 Å². The van der Waals surface area contributed by atoms with Crippen LogP contribution in [0.2, 0.25) is 0 Å². The van der Waals surface area contributed by atoms with Gasteiger partial charge in [0, 0.05) is 32.0 Å². The van der Waals surface area contributed by atoms with Crippen LogP contribution in [-0.2, 0) is 31.1 Å². The maximum absolute atomic E-state index is 13.5. The molecule has 4 N–H and O–H groups in total. The molecule has 8 nitrogen and oxygen atoms in total. The van der Waals surface area contributed by atoms with Crippen LogP contribution in [0, 0.1) is 0 Å². The average Bonchev–Trinajstić information content (AvgIpc) is 2.87. The van der Waals surface area contributed by atoms with Crippen molar-refractivity contribution < 1.29 is 19.1 Å². The Morgan fingerprint density at radius 1 is 1.03 bits per heavy atom. The number of nitrogens with zero attached hydrogens (tertiary/aromatic N) is 1. The molecule has 1 aliphatic heterocycles. The minimum atomic E-state index is -1.12. The molecule has 2 aromatic carbocycles. The summed E-state index contributed by atoms with van der Waals surface area (Å²) in [4.78, 5) is 39.6. The van der Waals surface area contributed by atoms with Crippen LogP contribution >= 0.6 is 0 Å². The summed E-state index contributed by atoms with van der Waals surface area (Å²) in [5.41, 5.74) is 6.72. The molecule has 0 radical (unpaired) electrons. The number of nitrogens with one attached hydrogen (secondary N) is 2. The van der Waals surface area contributed by atoms with Crippen LogP contribution < -0.4 is 16.4 Å². The maximum Gasteiger partial charge on any atom is 0.247 e. The van der Waals surface area contributed by atoms with Crippen LogP contribution in [0.1, 0.15) is 44.7 Å². The van der Waals surface area contributed by atoms with Crippen molar-refractivity contribution >= 4 is 17.7 Å². The molecule has 0 aliphatic carbocycles. The predicted octanol–water partition coefficient (Wildman–Crippen LogP) is 2.12. The van der Waals surface area contributed by atoms with Gasteiger partial charge in [0.25, 0.3) is 0 Å². The Balaban J connectivity index is 1.70. The molecule has 8 heteroatoms. The second-order valence-corrected chi connectivity index (χ2v) is 10.1. The standard InChI is InChI=1S/C28H38N4O4/c1-21(33)30-20-28(23-12-8-5-9-13-23)14-16-32(17-15-28)25(34)24(31-26(35)27(2,3)29)19-36-18-22-10-6-4-7-11-22/h4-13,24H,14-20,29H2,1-3H3,(H,30,33)(H,31,35)/t24-/m1/s1. The van der Waals surface area contributed by atoms with Gasteiger partial charge in [-0.3, -0.25) is 14.4 Å². The highest BCUT2D eigenvalue weighted by molar-refractivity contribution is 5.91. The topological polar surface area (TPSA) is 114 Å². The normalized spacial score (nSPS) is 16.2. The third kappa shape index (κ3) is 7.38. The van der Waals surface area contributed by atoms with E-state index in [9.17, 15) is 14.4 Å². The lowest BCUT2D eigenvalue weighted by Crippen LogP contribution is -2.59. The fraction of sp³-hybridized carbons (Fsp3) is 0.464. The van der Waals surface area contributed by atoms with Crippen molar-refractivity contribution in [1.82, 2.24) is 15.5 Å². The van der Waals surface area contributed by atoms with E-state index in [2.05, 4.69) is 22.8 Å². The first-order chi connectivity index (χ1) is 17.1. The van der Waals surface area contributed by atoms with Gasteiger partial charge in [-0.25, -0.2) is 0 Å². The van der Waals surface area contributed by atoms with Crippen LogP contribution in [0.5, 0.6) is 0 Å². The first kappa shape index (κ1) is 27.4. The SMILES string of the molecule is CC(=O)NCC1(c2ccccc2)CCN(C(=O)[C@@H](COCc2ccccc2)NC(=O)C(C)(C)N)CC1. The van der Waals surface area contributed by atoms with Gasteiger partial charge >= 0.3 is 0 Å². The van der Waals surface area contributed by atoms with Gasteiger partial charge in [-0.2, -0.15) is 0 Å². The molecule has 1 saturated heterocycles. The molecule has 194 valence electrons. The fourth-order valence-corrected chi connectivity index (χ4v) is 4.42. The summed E-state index contributed by atoms with van der Waals surface area (Å²) < 4.78 is 5.83. The molecule has 3 amide bonds. The number of ether oxygens (including phenoxy) is 1. The summed E-state index contributed by atoms with van der Waals surface area (Å²) in [6.45, 7) is 6.61. The maximum atomic E-state index is 13.5. The van der Waals surface area contributed by atoms with Crippen molar-refractivity contribution in [2.75, 3.05) is 26.2 Å². The zero-order chi connectivity index (χ0) is 26.2. The van der Waals surface area contributed by atoms with E-state index in [1.807, 2.05) is 48.5 Å². The van der Waals surface area contributed by atoms with E-state index in [1.54, 1.807) is 18.7 Å². The summed E-state index contributed by atoms with van der Waals surface area (Å²) in [5, 5.41) is 5.77. The van der Waals surface area contributed by atoms with Crippen LogP contribution in [0.3, 0.4) is 0 Å². The van der Waals surface area contributed by atoms with Gasteiger partial charge in [0.1, 0.15) is 6.04 Å². The summed E-state index contributed by atoms with van der Waals surface area (Å²) in [7, 11) is 0. The Morgan fingerprint density at radius 2 is 1.61 bits per heavy atom. The molecule has 36 heavy (non-hydrogen) atoms. The highest BCUT2D eigenvalue weighted by Gasteiger charge is 2.39. The second kappa shape index (κ2) is 12.1.